The molecule has 0 amide bonds. The molecule has 0 saturated carbocycles. The van der Waals surface area contributed by atoms with E-state index in [4.69, 9.17) is 4.52 Å². The van der Waals surface area contributed by atoms with Gasteiger partial charge < -0.3 is 4.52 Å². The molecule has 0 unspecified atom stereocenters. The van der Waals surface area contributed by atoms with Crippen molar-refractivity contribution >= 4 is 0 Å². The number of rotatable bonds is 3. The molecule has 0 bridgehead atoms. The van der Waals surface area contributed by atoms with Crippen molar-refractivity contribution in [2.45, 2.75) is 33.2 Å². The van der Waals surface area contributed by atoms with Gasteiger partial charge in [0.15, 0.2) is 0 Å². The van der Waals surface area contributed by atoms with Crippen molar-refractivity contribution < 1.29 is 4.52 Å². The summed E-state index contributed by atoms with van der Waals surface area (Å²) in [4.78, 5) is 11.0. The Bertz CT molecular complexity index is 272. The smallest absolute Gasteiger partial charge is 0.336 e. The normalized spacial score (nSPS) is 10.4. The van der Waals surface area contributed by atoms with E-state index >= 15 is 0 Å². The first-order valence-electron chi connectivity index (χ1n) is 3.97. The van der Waals surface area contributed by atoms with E-state index in [1.807, 2.05) is 13.8 Å². The third-order valence-electron chi connectivity index (χ3n) is 1.59. The maximum Gasteiger partial charge on any atom is 0.360 e. The van der Waals surface area contributed by atoms with E-state index in [2.05, 4.69) is 0 Å². The van der Waals surface area contributed by atoms with Gasteiger partial charge in [-0.05, 0) is 12.8 Å². The predicted molar refractivity (Wildman–Crippen MR) is 42.6 cm³/mol. The first kappa shape index (κ1) is 8.11. The molecule has 3 heteroatoms. The molecule has 0 saturated heterocycles. The predicted octanol–water partition coefficient (Wildman–Crippen LogP) is 1.41. The van der Waals surface area contributed by atoms with Crippen LogP contribution in [0.15, 0.2) is 15.5 Å². The van der Waals surface area contributed by atoms with Gasteiger partial charge in [-0.15, -0.1) is 0 Å². The molecule has 0 aliphatic carbocycles. The molecule has 0 aliphatic heterocycles. The van der Waals surface area contributed by atoms with Crippen LogP contribution in [-0.4, -0.2) is 4.74 Å². The quantitative estimate of drug-likeness (QED) is 0.661. The molecule has 0 atom stereocenters. The Labute approximate surface area is 65.6 Å². The second-order valence-corrected chi connectivity index (χ2v) is 2.53. The van der Waals surface area contributed by atoms with Crippen LogP contribution in [0.25, 0.3) is 0 Å². The van der Waals surface area contributed by atoms with Gasteiger partial charge in [-0.1, -0.05) is 13.8 Å². The summed E-state index contributed by atoms with van der Waals surface area (Å²) in [5.74, 6) is 0. The molecule has 62 valence electrons. The third-order valence-corrected chi connectivity index (χ3v) is 1.59. The third kappa shape index (κ3) is 1.73. The Morgan fingerprint density at radius 2 is 2.27 bits per heavy atom. The number of aromatic nitrogens is 1. The number of nitrogens with zero attached hydrogens (tertiary/aromatic N) is 1. The molecule has 0 aromatic carbocycles. The first-order chi connectivity index (χ1) is 5.27. The number of aryl methyl sites for hydroxylation is 2. The van der Waals surface area contributed by atoms with Crippen LogP contribution in [0.5, 0.6) is 0 Å². The fourth-order valence-corrected chi connectivity index (χ4v) is 0.984. The summed E-state index contributed by atoms with van der Waals surface area (Å²) >= 11 is 0. The second-order valence-electron chi connectivity index (χ2n) is 2.53. The fraction of sp³-hybridized carbons (Fsp3) is 0.625. The monoisotopic (exact) mass is 155 g/mol. The topological polar surface area (TPSA) is 35.1 Å². The molecule has 1 aromatic heterocycles. The van der Waals surface area contributed by atoms with E-state index in [1.54, 1.807) is 10.9 Å². The fourth-order valence-electron chi connectivity index (χ4n) is 0.984. The molecule has 0 radical (unpaired) electrons. The Morgan fingerprint density at radius 1 is 1.55 bits per heavy atom. The highest BCUT2D eigenvalue weighted by atomic mass is 16.5. The van der Waals surface area contributed by atoms with Crippen LogP contribution >= 0.6 is 0 Å². The van der Waals surface area contributed by atoms with Crippen LogP contribution in [0, 0.1) is 0 Å². The zero-order valence-corrected chi connectivity index (χ0v) is 6.96. The van der Waals surface area contributed by atoms with E-state index in [0.717, 1.165) is 24.9 Å². The minimum absolute atomic E-state index is 0.194. The van der Waals surface area contributed by atoms with Crippen molar-refractivity contribution in [2.75, 3.05) is 0 Å². The summed E-state index contributed by atoms with van der Waals surface area (Å²) in [6.45, 7) is 4.78. The Balaban J connectivity index is 2.86. The Hall–Kier alpha value is -0.990. The molecule has 11 heavy (non-hydrogen) atoms. The van der Waals surface area contributed by atoms with Crippen LogP contribution in [0.4, 0.5) is 0 Å². The SMILES string of the molecule is CCCn1cc(CC)c(=O)o1. The Kier molecular flexibility index (Phi) is 2.52. The van der Waals surface area contributed by atoms with Crippen LogP contribution in [0.1, 0.15) is 25.8 Å². The molecule has 0 aliphatic rings. The lowest BCUT2D eigenvalue weighted by molar-refractivity contribution is 0.249. The molecule has 0 spiro atoms. The molecule has 3 nitrogen and oxygen atoms in total. The zero-order chi connectivity index (χ0) is 8.27. The summed E-state index contributed by atoms with van der Waals surface area (Å²) in [6.07, 6.45) is 3.52. The van der Waals surface area contributed by atoms with Crippen molar-refractivity contribution in [3.05, 3.63) is 22.2 Å². The summed E-state index contributed by atoms with van der Waals surface area (Å²) in [7, 11) is 0. The lowest BCUT2D eigenvalue weighted by Crippen LogP contribution is -1.99. The molecule has 0 N–H and O–H groups in total. The summed E-state index contributed by atoms with van der Waals surface area (Å²) in [5, 5.41) is 0. The first-order valence-corrected chi connectivity index (χ1v) is 3.97. The van der Waals surface area contributed by atoms with Crippen LogP contribution in [-0.2, 0) is 13.0 Å². The van der Waals surface area contributed by atoms with Gasteiger partial charge in [0.05, 0.1) is 12.1 Å². The van der Waals surface area contributed by atoms with Crippen molar-refractivity contribution in [1.82, 2.24) is 4.74 Å². The van der Waals surface area contributed by atoms with Gasteiger partial charge in [0, 0.05) is 6.20 Å². The average Bonchev–Trinajstić information content (AvgIpc) is 2.32. The van der Waals surface area contributed by atoms with Gasteiger partial charge in [0.1, 0.15) is 0 Å². The average molecular weight is 155 g/mol. The summed E-state index contributed by atoms with van der Waals surface area (Å²) in [6, 6.07) is 0. The van der Waals surface area contributed by atoms with Gasteiger partial charge in [0.25, 0.3) is 0 Å². The minimum atomic E-state index is -0.194. The van der Waals surface area contributed by atoms with E-state index in [9.17, 15) is 4.79 Å². The van der Waals surface area contributed by atoms with E-state index in [1.165, 1.54) is 0 Å². The van der Waals surface area contributed by atoms with Gasteiger partial charge in [-0.25, -0.2) is 9.53 Å². The van der Waals surface area contributed by atoms with Crippen LogP contribution < -0.4 is 5.63 Å². The maximum atomic E-state index is 11.0. The van der Waals surface area contributed by atoms with E-state index < -0.39 is 0 Å². The molecule has 1 rings (SSSR count). The summed E-state index contributed by atoms with van der Waals surface area (Å²) in [5.41, 5.74) is 0.569. The van der Waals surface area contributed by atoms with Gasteiger partial charge in [0.2, 0.25) is 0 Å². The highest BCUT2D eigenvalue weighted by Gasteiger charge is 2.02. The summed E-state index contributed by atoms with van der Waals surface area (Å²) < 4.78 is 6.51. The lowest BCUT2D eigenvalue weighted by Gasteiger charge is -1.92. The maximum absolute atomic E-state index is 11.0. The highest BCUT2D eigenvalue weighted by Crippen LogP contribution is 1.95. The zero-order valence-electron chi connectivity index (χ0n) is 6.96. The van der Waals surface area contributed by atoms with Crippen molar-refractivity contribution in [2.24, 2.45) is 0 Å². The molecule has 1 aromatic rings. The van der Waals surface area contributed by atoms with Crippen molar-refractivity contribution in [3.8, 4) is 0 Å². The van der Waals surface area contributed by atoms with Gasteiger partial charge in [-0.3, -0.25) is 0 Å². The Morgan fingerprint density at radius 3 is 2.73 bits per heavy atom. The molecular formula is C8H13NO2. The molecular weight excluding hydrogens is 142 g/mol. The largest absolute Gasteiger partial charge is 0.360 e. The number of hydrogen-bond donors (Lipinski definition) is 0. The second kappa shape index (κ2) is 3.42. The van der Waals surface area contributed by atoms with Gasteiger partial charge in [-0.2, -0.15) is 0 Å². The highest BCUT2D eigenvalue weighted by molar-refractivity contribution is 5.00. The minimum Gasteiger partial charge on any atom is -0.336 e. The lowest BCUT2D eigenvalue weighted by atomic mass is 10.3. The van der Waals surface area contributed by atoms with Crippen molar-refractivity contribution in [3.63, 3.8) is 0 Å². The van der Waals surface area contributed by atoms with Gasteiger partial charge >= 0.3 is 5.63 Å². The standard InChI is InChI=1S/C8H13NO2/c1-3-5-9-6-7(4-2)8(10)11-9/h6H,3-5H2,1-2H3. The number of hydrogen-bond acceptors (Lipinski definition) is 2. The van der Waals surface area contributed by atoms with E-state index in [-0.39, 0.29) is 5.63 Å². The van der Waals surface area contributed by atoms with E-state index in [0.29, 0.717) is 0 Å². The van der Waals surface area contributed by atoms with Crippen LogP contribution in [0.2, 0.25) is 0 Å². The van der Waals surface area contributed by atoms with Crippen molar-refractivity contribution in [1.29, 1.82) is 0 Å². The molecule has 1 heterocycles. The molecule has 0 fully saturated rings. The van der Waals surface area contributed by atoms with Crippen LogP contribution in [0.3, 0.4) is 0 Å².